The summed E-state index contributed by atoms with van der Waals surface area (Å²) in [6.07, 6.45) is 1.51. The third kappa shape index (κ3) is 2.99. The Bertz CT molecular complexity index is 764. The Morgan fingerprint density at radius 2 is 1.95 bits per heavy atom. The maximum atomic E-state index is 11.2. The molecule has 2 rings (SSSR count). The number of hydrogen-bond acceptors (Lipinski definition) is 2. The van der Waals surface area contributed by atoms with Gasteiger partial charge in [0, 0.05) is 22.1 Å². The SMILES string of the molecule is Cc1cc(C=C(C#N)C(N)=O)c(C)n1-c1ccc(Cl)cc1. The van der Waals surface area contributed by atoms with Crippen LogP contribution < -0.4 is 5.73 Å². The Balaban J connectivity index is 2.55. The Hall–Kier alpha value is -2.51. The number of nitrogens with zero attached hydrogens (tertiary/aromatic N) is 2. The molecule has 0 aliphatic rings. The van der Waals surface area contributed by atoms with Gasteiger partial charge in [-0.15, -0.1) is 0 Å². The van der Waals surface area contributed by atoms with Crippen LogP contribution in [0.25, 0.3) is 11.8 Å². The van der Waals surface area contributed by atoms with Crippen LogP contribution in [0.5, 0.6) is 0 Å². The first-order chi connectivity index (χ1) is 9.93. The van der Waals surface area contributed by atoms with Gasteiger partial charge >= 0.3 is 0 Å². The highest BCUT2D eigenvalue weighted by molar-refractivity contribution is 6.30. The Labute approximate surface area is 128 Å². The van der Waals surface area contributed by atoms with Crippen LogP contribution in [-0.4, -0.2) is 10.5 Å². The van der Waals surface area contributed by atoms with Gasteiger partial charge in [0.25, 0.3) is 5.91 Å². The first-order valence-electron chi connectivity index (χ1n) is 6.30. The Morgan fingerprint density at radius 1 is 1.33 bits per heavy atom. The lowest BCUT2D eigenvalue weighted by Crippen LogP contribution is -2.12. The average molecular weight is 300 g/mol. The number of amides is 1. The van der Waals surface area contributed by atoms with Gasteiger partial charge < -0.3 is 10.3 Å². The monoisotopic (exact) mass is 299 g/mol. The number of nitriles is 1. The van der Waals surface area contributed by atoms with Gasteiger partial charge in [-0.3, -0.25) is 4.79 Å². The summed E-state index contributed by atoms with van der Waals surface area (Å²) < 4.78 is 2.03. The van der Waals surface area contributed by atoms with Crippen molar-refractivity contribution < 1.29 is 4.79 Å². The highest BCUT2D eigenvalue weighted by atomic mass is 35.5. The summed E-state index contributed by atoms with van der Waals surface area (Å²) in [7, 11) is 0. The van der Waals surface area contributed by atoms with E-state index >= 15 is 0 Å². The third-order valence-electron chi connectivity index (χ3n) is 3.24. The first kappa shape index (κ1) is 14.9. The standard InChI is InChI=1S/C16H14ClN3O/c1-10-7-12(8-13(9-18)16(19)21)11(2)20(10)15-5-3-14(17)4-6-15/h3-8H,1-2H3,(H2,19,21). The van der Waals surface area contributed by atoms with E-state index in [-0.39, 0.29) is 5.57 Å². The Kier molecular flexibility index (Phi) is 4.15. The van der Waals surface area contributed by atoms with Gasteiger partial charge in [-0.1, -0.05) is 11.6 Å². The molecule has 0 aliphatic carbocycles. The summed E-state index contributed by atoms with van der Waals surface area (Å²) in [5.41, 5.74) is 8.77. The molecule has 1 aromatic heterocycles. The number of nitrogens with two attached hydrogens (primary N) is 1. The normalized spacial score (nSPS) is 11.2. The zero-order valence-corrected chi connectivity index (χ0v) is 12.5. The summed E-state index contributed by atoms with van der Waals surface area (Å²) in [6.45, 7) is 3.87. The van der Waals surface area contributed by atoms with Crippen molar-refractivity contribution >= 4 is 23.6 Å². The van der Waals surface area contributed by atoms with E-state index in [4.69, 9.17) is 22.6 Å². The minimum Gasteiger partial charge on any atom is -0.365 e. The number of carbonyl (C=O) groups excluding carboxylic acids is 1. The molecule has 0 fully saturated rings. The summed E-state index contributed by atoms with van der Waals surface area (Å²) in [5, 5.41) is 9.60. The molecule has 0 spiro atoms. The van der Waals surface area contributed by atoms with E-state index in [1.807, 2.05) is 54.8 Å². The van der Waals surface area contributed by atoms with Crippen molar-refractivity contribution in [3.05, 3.63) is 57.9 Å². The number of carbonyl (C=O) groups is 1. The van der Waals surface area contributed by atoms with Crippen molar-refractivity contribution in [3.63, 3.8) is 0 Å². The molecule has 1 heterocycles. The first-order valence-corrected chi connectivity index (χ1v) is 6.68. The van der Waals surface area contributed by atoms with E-state index in [1.54, 1.807) is 0 Å². The van der Waals surface area contributed by atoms with Crippen LogP contribution in [0.15, 0.2) is 35.9 Å². The molecular formula is C16H14ClN3O. The molecule has 0 radical (unpaired) electrons. The van der Waals surface area contributed by atoms with Crippen molar-refractivity contribution in [1.82, 2.24) is 4.57 Å². The van der Waals surface area contributed by atoms with E-state index in [0.717, 1.165) is 22.6 Å². The smallest absolute Gasteiger partial charge is 0.259 e. The quantitative estimate of drug-likeness (QED) is 0.698. The molecule has 0 unspecified atom stereocenters. The molecule has 21 heavy (non-hydrogen) atoms. The number of aryl methyl sites for hydroxylation is 1. The topological polar surface area (TPSA) is 71.8 Å². The number of benzene rings is 1. The zero-order valence-electron chi connectivity index (χ0n) is 11.7. The fourth-order valence-corrected chi connectivity index (χ4v) is 2.36. The molecule has 0 atom stereocenters. The predicted molar refractivity (Wildman–Crippen MR) is 83.0 cm³/mol. The van der Waals surface area contributed by atoms with Gasteiger partial charge in [-0.2, -0.15) is 5.26 Å². The molecule has 1 amide bonds. The molecule has 0 saturated carbocycles. The number of hydrogen-bond donors (Lipinski definition) is 1. The second-order valence-corrected chi connectivity index (χ2v) is 5.11. The molecule has 0 bridgehead atoms. The second kappa shape index (κ2) is 5.86. The van der Waals surface area contributed by atoms with E-state index in [2.05, 4.69) is 0 Å². The molecule has 2 N–H and O–H groups in total. The van der Waals surface area contributed by atoms with Crippen molar-refractivity contribution in [3.8, 4) is 11.8 Å². The number of primary amides is 1. The minimum absolute atomic E-state index is 0.0636. The lowest BCUT2D eigenvalue weighted by molar-refractivity contribution is -0.114. The molecule has 1 aromatic carbocycles. The largest absolute Gasteiger partial charge is 0.365 e. The van der Waals surface area contributed by atoms with E-state index in [1.165, 1.54) is 6.08 Å². The number of aromatic nitrogens is 1. The van der Waals surface area contributed by atoms with E-state index in [9.17, 15) is 4.79 Å². The molecule has 0 saturated heterocycles. The molecular weight excluding hydrogens is 286 g/mol. The number of halogens is 1. The molecule has 5 heteroatoms. The summed E-state index contributed by atoms with van der Waals surface area (Å²) in [6, 6.07) is 11.2. The lowest BCUT2D eigenvalue weighted by atomic mass is 10.1. The summed E-state index contributed by atoms with van der Waals surface area (Å²) >= 11 is 5.90. The highest BCUT2D eigenvalue weighted by Crippen LogP contribution is 2.23. The molecule has 4 nitrogen and oxygen atoms in total. The third-order valence-corrected chi connectivity index (χ3v) is 3.49. The van der Waals surface area contributed by atoms with Crippen molar-refractivity contribution in [2.75, 3.05) is 0 Å². The fourth-order valence-electron chi connectivity index (χ4n) is 2.24. The maximum absolute atomic E-state index is 11.2. The van der Waals surface area contributed by atoms with Gasteiger partial charge in [-0.25, -0.2) is 0 Å². The van der Waals surface area contributed by atoms with Crippen LogP contribution in [-0.2, 0) is 4.79 Å². The van der Waals surface area contributed by atoms with Crippen LogP contribution in [0.3, 0.4) is 0 Å². The fraction of sp³-hybridized carbons (Fsp3) is 0.125. The van der Waals surface area contributed by atoms with Crippen LogP contribution in [0.2, 0.25) is 5.02 Å². The van der Waals surface area contributed by atoms with Gasteiger partial charge in [0.15, 0.2) is 0 Å². The lowest BCUT2D eigenvalue weighted by Gasteiger charge is -2.09. The van der Waals surface area contributed by atoms with Crippen molar-refractivity contribution in [2.45, 2.75) is 13.8 Å². The van der Waals surface area contributed by atoms with E-state index < -0.39 is 5.91 Å². The second-order valence-electron chi connectivity index (χ2n) is 4.67. The van der Waals surface area contributed by atoms with Crippen molar-refractivity contribution in [2.24, 2.45) is 5.73 Å². The van der Waals surface area contributed by atoms with Crippen LogP contribution in [0.1, 0.15) is 17.0 Å². The van der Waals surface area contributed by atoms with Gasteiger partial charge in [-0.05, 0) is 55.8 Å². The highest BCUT2D eigenvalue weighted by Gasteiger charge is 2.11. The average Bonchev–Trinajstić information content (AvgIpc) is 2.71. The zero-order chi connectivity index (χ0) is 15.6. The van der Waals surface area contributed by atoms with Crippen molar-refractivity contribution in [1.29, 1.82) is 5.26 Å². The van der Waals surface area contributed by atoms with E-state index in [0.29, 0.717) is 5.02 Å². The summed E-state index contributed by atoms with van der Waals surface area (Å²) in [4.78, 5) is 11.2. The predicted octanol–water partition coefficient (Wildman–Crippen LogP) is 3.14. The van der Waals surface area contributed by atoms with Crippen LogP contribution in [0.4, 0.5) is 0 Å². The maximum Gasteiger partial charge on any atom is 0.259 e. The molecule has 106 valence electrons. The van der Waals surface area contributed by atoms with Gasteiger partial charge in [0.05, 0.1) is 0 Å². The molecule has 0 aliphatic heterocycles. The molecule has 2 aromatic rings. The summed E-state index contributed by atoms with van der Waals surface area (Å²) in [5.74, 6) is -0.728. The number of rotatable bonds is 3. The van der Waals surface area contributed by atoms with Gasteiger partial charge in [0.2, 0.25) is 0 Å². The van der Waals surface area contributed by atoms with Gasteiger partial charge in [0.1, 0.15) is 11.6 Å². The van der Waals surface area contributed by atoms with Crippen LogP contribution in [0, 0.1) is 25.2 Å². The van der Waals surface area contributed by atoms with Crippen LogP contribution >= 0.6 is 11.6 Å². The Morgan fingerprint density at radius 3 is 2.48 bits per heavy atom. The minimum atomic E-state index is -0.728.